The summed E-state index contributed by atoms with van der Waals surface area (Å²) in [7, 11) is 0. The SMILES string of the molecule is O=c1cnc2ccc(F)c3c2n1CC3. The highest BCUT2D eigenvalue weighted by Crippen LogP contribution is 2.24. The molecule has 3 rings (SSSR count). The van der Waals surface area contributed by atoms with Crippen LogP contribution in [0.25, 0.3) is 11.0 Å². The van der Waals surface area contributed by atoms with Gasteiger partial charge in [0.15, 0.2) is 0 Å². The minimum Gasteiger partial charge on any atom is -0.305 e. The largest absolute Gasteiger partial charge is 0.305 e. The van der Waals surface area contributed by atoms with Gasteiger partial charge in [-0.05, 0) is 18.6 Å². The summed E-state index contributed by atoms with van der Waals surface area (Å²) in [6, 6.07) is 3.01. The molecule has 0 radical (unpaired) electrons. The molecule has 0 saturated carbocycles. The first-order valence-electron chi connectivity index (χ1n) is 4.44. The number of rotatable bonds is 0. The van der Waals surface area contributed by atoms with Crippen molar-refractivity contribution < 1.29 is 4.39 Å². The van der Waals surface area contributed by atoms with Gasteiger partial charge in [-0.15, -0.1) is 0 Å². The Labute approximate surface area is 78.8 Å². The van der Waals surface area contributed by atoms with Gasteiger partial charge in [-0.2, -0.15) is 0 Å². The normalized spacial score (nSPS) is 13.8. The Balaban J connectivity index is 2.62. The predicted octanol–water partition coefficient (Wildman–Crippen LogP) is 1.09. The van der Waals surface area contributed by atoms with E-state index in [-0.39, 0.29) is 11.4 Å². The van der Waals surface area contributed by atoms with Crippen LogP contribution in [-0.4, -0.2) is 9.55 Å². The van der Waals surface area contributed by atoms with Crippen molar-refractivity contribution in [3.8, 4) is 0 Å². The second kappa shape index (κ2) is 2.41. The molecule has 0 amide bonds. The average Bonchev–Trinajstić information content (AvgIpc) is 2.62. The van der Waals surface area contributed by atoms with E-state index in [4.69, 9.17) is 0 Å². The maximum absolute atomic E-state index is 13.3. The summed E-state index contributed by atoms with van der Waals surface area (Å²) < 4.78 is 14.9. The van der Waals surface area contributed by atoms with Crippen LogP contribution in [0, 0.1) is 5.82 Å². The van der Waals surface area contributed by atoms with E-state index in [1.807, 2.05) is 0 Å². The number of aryl methyl sites for hydroxylation is 2. The topological polar surface area (TPSA) is 34.9 Å². The number of halogens is 1. The molecule has 0 fully saturated rings. The van der Waals surface area contributed by atoms with Crippen LogP contribution in [0.4, 0.5) is 4.39 Å². The van der Waals surface area contributed by atoms with E-state index in [2.05, 4.69) is 4.98 Å². The molecule has 0 N–H and O–H groups in total. The summed E-state index contributed by atoms with van der Waals surface area (Å²) in [5.74, 6) is -0.240. The minimum atomic E-state index is -0.240. The van der Waals surface area contributed by atoms with E-state index in [1.165, 1.54) is 12.3 Å². The first-order valence-corrected chi connectivity index (χ1v) is 4.44. The lowest BCUT2D eigenvalue weighted by Gasteiger charge is -2.01. The number of benzene rings is 1. The molecule has 0 bridgehead atoms. The second-order valence-electron chi connectivity index (χ2n) is 3.39. The summed E-state index contributed by atoms with van der Waals surface area (Å²) in [5.41, 5.74) is 1.82. The fourth-order valence-electron chi connectivity index (χ4n) is 1.99. The van der Waals surface area contributed by atoms with Crippen molar-refractivity contribution in [2.24, 2.45) is 0 Å². The fraction of sp³-hybridized carbons (Fsp3) is 0.200. The van der Waals surface area contributed by atoms with Crippen molar-refractivity contribution >= 4 is 11.0 Å². The molecule has 1 aliphatic heterocycles. The highest BCUT2D eigenvalue weighted by Gasteiger charge is 2.18. The van der Waals surface area contributed by atoms with E-state index >= 15 is 0 Å². The van der Waals surface area contributed by atoms with Crippen LogP contribution < -0.4 is 5.56 Å². The third-order valence-electron chi connectivity index (χ3n) is 2.64. The third-order valence-corrected chi connectivity index (χ3v) is 2.64. The van der Waals surface area contributed by atoms with E-state index in [9.17, 15) is 9.18 Å². The monoisotopic (exact) mass is 190 g/mol. The Hall–Kier alpha value is -1.71. The Morgan fingerprint density at radius 1 is 1.43 bits per heavy atom. The Morgan fingerprint density at radius 2 is 2.29 bits per heavy atom. The summed E-state index contributed by atoms with van der Waals surface area (Å²) in [5, 5.41) is 0. The van der Waals surface area contributed by atoms with E-state index in [0.29, 0.717) is 29.6 Å². The van der Waals surface area contributed by atoms with E-state index in [1.54, 1.807) is 10.6 Å². The maximum Gasteiger partial charge on any atom is 0.269 e. The van der Waals surface area contributed by atoms with Crippen LogP contribution in [0.1, 0.15) is 5.56 Å². The first kappa shape index (κ1) is 7.67. The predicted molar refractivity (Wildman–Crippen MR) is 49.7 cm³/mol. The molecule has 0 unspecified atom stereocenters. The zero-order valence-corrected chi connectivity index (χ0v) is 7.33. The van der Waals surface area contributed by atoms with Gasteiger partial charge in [0.05, 0.1) is 17.2 Å². The molecule has 70 valence electrons. The van der Waals surface area contributed by atoms with Crippen LogP contribution >= 0.6 is 0 Å². The second-order valence-corrected chi connectivity index (χ2v) is 3.39. The Kier molecular flexibility index (Phi) is 1.32. The molecule has 2 aromatic rings. The lowest BCUT2D eigenvalue weighted by atomic mass is 10.1. The van der Waals surface area contributed by atoms with Gasteiger partial charge < -0.3 is 4.57 Å². The molecule has 14 heavy (non-hydrogen) atoms. The van der Waals surface area contributed by atoms with Gasteiger partial charge in [0.2, 0.25) is 0 Å². The fourth-order valence-corrected chi connectivity index (χ4v) is 1.99. The number of aromatic nitrogens is 2. The summed E-state index contributed by atoms with van der Waals surface area (Å²) in [4.78, 5) is 15.4. The van der Waals surface area contributed by atoms with Crippen molar-refractivity contribution in [2.45, 2.75) is 13.0 Å². The van der Waals surface area contributed by atoms with Crippen LogP contribution in [0.3, 0.4) is 0 Å². The molecule has 0 aliphatic carbocycles. The van der Waals surface area contributed by atoms with Gasteiger partial charge in [0.25, 0.3) is 5.56 Å². The molecule has 3 nitrogen and oxygen atoms in total. The standard InChI is InChI=1S/C10H7FN2O/c11-7-1-2-8-10-6(7)3-4-13(10)9(14)5-12-8/h1-2,5H,3-4H2. The van der Waals surface area contributed by atoms with Crippen molar-refractivity contribution in [2.75, 3.05) is 0 Å². The quantitative estimate of drug-likeness (QED) is 0.623. The smallest absolute Gasteiger partial charge is 0.269 e. The molecule has 0 atom stereocenters. The van der Waals surface area contributed by atoms with E-state index < -0.39 is 0 Å². The molecule has 0 saturated heterocycles. The van der Waals surface area contributed by atoms with Crippen molar-refractivity contribution in [1.82, 2.24) is 9.55 Å². The van der Waals surface area contributed by atoms with Gasteiger partial charge in [-0.3, -0.25) is 4.79 Å². The lowest BCUT2D eigenvalue weighted by molar-refractivity contribution is 0.612. The number of hydrogen-bond donors (Lipinski definition) is 0. The third kappa shape index (κ3) is 0.801. The summed E-state index contributed by atoms with van der Waals surface area (Å²) >= 11 is 0. The van der Waals surface area contributed by atoms with Crippen molar-refractivity contribution in [3.05, 3.63) is 40.1 Å². The van der Waals surface area contributed by atoms with Crippen LogP contribution in [-0.2, 0) is 13.0 Å². The maximum atomic E-state index is 13.3. The average molecular weight is 190 g/mol. The Morgan fingerprint density at radius 3 is 3.14 bits per heavy atom. The number of nitrogens with zero attached hydrogens (tertiary/aromatic N) is 2. The zero-order chi connectivity index (χ0) is 9.71. The molecule has 2 heterocycles. The first-order chi connectivity index (χ1) is 6.77. The van der Waals surface area contributed by atoms with E-state index in [0.717, 1.165) is 0 Å². The molecular weight excluding hydrogens is 183 g/mol. The van der Waals surface area contributed by atoms with Gasteiger partial charge >= 0.3 is 0 Å². The van der Waals surface area contributed by atoms with Gasteiger partial charge in [0, 0.05) is 12.1 Å². The summed E-state index contributed by atoms with van der Waals surface area (Å²) in [6.45, 7) is 0.564. The van der Waals surface area contributed by atoms with Gasteiger partial charge in [-0.25, -0.2) is 9.37 Å². The molecule has 1 aliphatic rings. The Bertz CT molecular complexity index is 588. The lowest BCUT2D eigenvalue weighted by Crippen LogP contribution is -2.17. The van der Waals surface area contributed by atoms with Crippen molar-refractivity contribution in [1.29, 1.82) is 0 Å². The van der Waals surface area contributed by atoms with Crippen LogP contribution in [0.5, 0.6) is 0 Å². The zero-order valence-electron chi connectivity index (χ0n) is 7.33. The molecule has 1 aromatic carbocycles. The highest BCUT2D eigenvalue weighted by atomic mass is 19.1. The van der Waals surface area contributed by atoms with Gasteiger partial charge in [-0.1, -0.05) is 0 Å². The highest BCUT2D eigenvalue weighted by molar-refractivity contribution is 5.79. The molecule has 0 spiro atoms. The summed E-state index contributed by atoms with van der Waals surface area (Å²) in [6.07, 6.45) is 1.87. The van der Waals surface area contributed by atoms with Gasteiger partial charge in [0.1, 0.15) is 5.82 Å². The molecule has 4 heteroatoms. The minimum absolute atomic E-state index is 0.151. The van der Waals surface area contributed by atoms with Crippen LogP contribution in [0.15, 0.2) is 23.1 Å². The van der Waals surface area contributed by atoms with Crippen molar-refractivity contribution in [3.63, 3.8) is 0 Å². The molecule has 1 aromatic heterocycles. The molecular formula is C10H7FN2O. The number of hydrogen-bond acceptors (Lipinski definition) is 2. The van der Waals surface area contributed by atoms with Crippen LogP contribution in [0.2, 0.25) is 0 Å².